The molecular formula is C12H18N2O3. The van der Waals surface area contributed by atoms with Gasteiger partial charge < -0.3 is 4.74 Å². The van der Waals surface area contributed by atoms with Gasteiger partial charge in [-0.1, -0.05) is 6.92 Å². The molecule has 17 heavy (non-hydrogen) atoms. The number of hydrogen-bond donors (Lipinski definition) is 0. The second kappa shape index (κ2) is 4.39. The zero-order valence-electron chi connectivity index (χ0n) is 10.5. The second-order valence-electron chi connectivity index (χ2n) is 4.50. The summed E-state index contributed by atoms with van der Waals surface area (Å²) in [5.74, 6) is 0.360. The zero-order chi connectivity index (χ0) is 12.6. The molecule has 0 amide bonds. The SMILES string of the molecule is CCC(C)n1c(=O)c2c(n(C)c1=O)CCCO2. The molecular weight excluding hydrogens is 220 g/mol. The van der Waals surface area contributed by atoms with Crippen LogP contribution in [-0.4, -0.2) is 15.7 Å². The van der Waals surface area contributed by atoms with Crippen LogP contribution >= 0.6 is 0 Å². The lowest BCUT2D eigenvalue weighted by Gasteiger charge is -2.22. The Bertz CT molecular complexity index is 542. The quantitative estimate of drug-likeness (QED) is 0.767. The molecule has 0 saturated heterocycles. The third kappa shape index (κ3) is 1.79. The van der Waals surface area contributed by atoms with E-state index >= 15 is 0 Å². The number of hydrogen-bond acceptors (Lipinski definition) is 3. The Morgan fingerprint density at radius 1 is 1.41 bits per heavy atom. The normalized spacial score (nSPS) is 16.2. The van der Waals surface area contributed by atoms with Crippen molar-refractivity contribution in [1.82, 2.24) is 9.13 Å². The van der Waals surface area contributed by atoms with Crippen LogP contribution in [0.25, 0.3) is 0 Å². The first-order valence-corrected chi connectivity index (χ1v) is 6.05. The van der Waals surface area contributed by atoms with Gasteiger partial charge in [0, 0.05) is 13.1 Å². The molecule has 94 valence electrons. The molecule has 0 bridgehead atoms. The highest BCUT2D eigenvalue weighted by Crippen LogP contribution is 2.19. The number of aromatic nitrogens is 2. The molecule has 0 fully saturated rings. The third-order valence-corrected chi connectivity index (χ3v) is 3.41. The van der Waals surface area contributed by atoms with Gasteiger partial charge in [-0.15, -0.1) is 0 Å². The number of nitrogens with zero attached hydrogens (tertiary/aromatic N) is 2. The summed E-state index contributed by atoms with van der Waals surface area (Å²) in [5.41, 5.74) is 0.205. The average Bonchev–Trinajstić information content (AvgIpc) is 2.36. The van der Waals surface area contributed by atoms with Crippen molar-refractivity contribution in [3.8, 4) is 5.75 Å². The van der Waals surface area contributed by atoms with E-state index in [0.29, 0.717) is 12.4 Å². The molecule has 0 N–H and O–H groups in total. The summed E-state index contributed by atoms with van der Waals surface area (Å²) in [7, 11) is 1.70. The first-order chi connectivity index (χ1) is 8.07. The van der Waals surface area contributed by atoms with E-state index in [1.165, 1.54) is 4.57 Å². The van der Waals surface area contributed by atoms with Gasteiger partial charge in [0.2, 0.25) is 5.75 Å². The fourth-order valence-electron chi connectivity index (χ4n) is 2.16. The molecule has 5 heteroatoms. The third-order valence-electron chi connectivity index (χ3n) is 3.41. The summed E-state index contributed by atoms with van der Waals surface area (Å²) in [4.78, 5) is 24.3. The molecule has 0 aromatic carbocycles. The van der Waals surface area contributed by atoms with E-state index in [-0.39, 0.29) is 17.3 Å². The van der Waals surface area contributed by atoms with Crippen LogP contribution in [0.15, 0.2) is 9.59 Å². The number of ether oxygens (including phenoxy) is 1. The van der Waals surface area contributed by atoms with E-state index in [1.54, 1.807) is 11.6 Å². The maximum absolute atomic E-state index is 12.2. The zero-order valence-corrected chi connectivity index (χ0v) is 10.5. The number of rotatable bonds is 2. The smallest absolute Gasteiger partial charge is 0.331 e. The van der Waals surface area contributed by atoms with Gasteiger partial charge in [-0.25, -0.2) is 4.79 Å². The Labute approximate surface area is 99.6 Å². The molecule has 1 aromatic heterocycles. The molecule has 2 heterocycles. The van der Waals surface area contributed by atoms with Crippen LogP contribution in [-0.2, 0) is 13.5 Å². The lowest BCUT2D eigenvalue weighted by molar-refractivity contribution is 0.267. The second-order valence-corrected chi connectivity index (χ2v) is 4.50. The first kappa shape index (κ1) is 12.0. The van der Waals surface area contributed by atoms with E-state index in [4.69, 9.17) is 4.74 Å². The molecule has 1 aromatic rings. The van der Waals surface area contributed by atoms with E-state index in [1.807, 2.05) is 13.8 Å². The highest BCUT2D eigenvalue weighted by molar-refractivity contribution is 5.27. The van der Waals surface area contributed by atoms with Crippen molar-refractivity contribution in [2.24, 2.45) is 7.05 Å². The largest absolute Gasteiger partial charge is 0.487 e. The molecule has 0 aliphatic carbocycles. The maximum Gasteiger partial charge on any atom is 0.331 e. The first-order valence-electron chi connectivity index (χ1n) is 6.05. The van der Waals surface area contributed by atoms with E-state index in [0.717, 1.165) is 25.0 Å². The lowest BCUT2D eigenvalue weighted by Crippen LogP contribution is -2.43. The summed E-state index contributed by atoms with van der Waals surface area (Å²) < 4.78 is 8.27. The van der Waals surface area contributed by atoms with Crippen molar-refractivity contribution in [2.75, 3.05) is 6.61 Å². The van der Waals surface area contributed by atoms with Gasteiger partial charge in [-0.05, 0) is 26.2 Å². The van der Waals surface area contributed by atoms with Crippen molar-refractivity contribution in [3.05, 3.63) is 26.5 Å². The molecule has 2 rings (SSSR count). The Morgan fingerprint density at radius 3 is 2.76 bits per heavy atom. The fourth-order valence-corrected chi connectivity index (χ4v) is 2.16. The standard InChI is InChI=1S/C12H18N2O3/c1-4-8(2)14-11(15)10-9(6-5-7-17-10)13(3)12(14)16/h8H,4-7H2,1-3H3. The van der Waals surface area contributed by atoms with Crippen molar-refractivity contribution in [3.63, 3.8) is 0 Å². The van der Waals surface area contributed by atoms with Crippen LogP contribution in [0.5, 0.6) is 5.75 Å². The lowest BCUT2D eigenvalue weighted by atomic mass is 10.1. The number of fused-ring (bicyclic) bond motifs is 1. The molecule has 1 aliphatic heterocycles. The van der Waals surface area contributed by atoms with Gasteiger partial charge in [0.05, 0.1) is 12.3 Å². The van der Waals surface area contributed by atoms with Crippen molar-refractivity contribution in [2.45, 2.75) is 39.2 Å². The molecule has 0 radical (unpaired) electrons. The van der Waals surface area contributed by atoms with E-state index < -0.39 is 0 Å². The molecule has 1 atom stereocenters. The summed E-state index contributed by atoms with van der Waals surface area (Å²) in [5, 5.41) is 0. The van der Waals surface area contributed by atoms with Crippen LogP contribution in [0, 0.1) is 0 Å². The van der Waals surface area contributed by atoms with Gasteiger partial charge in [0.1, 0.15) is 0 Å². The minimum absolute atomic E-state index is 0.1000. The Hall–Kier alpha value is -1.52. The van der Waals surface area contributed by atoms with E-state index in [2.05, 4.69) is 0 Å². The monoisotopic (exact) mass is 238 g/mol. The Kier molecular flexibility index (Phi) is 3.09. The van der Waals surface area contributed by atoms with Gasteiger partial charge in [0.25, 0.3) is 5.56 Å². The highest BCUT2D eigenvalue weighted by Gasteiger charge is 2.22. The summed E-state index contributed by atoms with van der Waals surface area (Å²) in [6.45, 7) is 4.38. The van der Waals surface area contributed by atoms with Crippen molar-refractivity contribution in [1.29, 1.82) is 0 Å². The Morgan fingerprint density at radius 2 is 2.12 bits per heavy atom. The van der Waals surface area contributed by atoms with Gasteiger partial charge >= 0.3 is 5.69 Å². The van der Waals surface area contributed by atoms with Crippen molar-refractivity contribution < 1.29 is 4.74 Å². The van der Waals surface area contributed by atoms with Gasteiger partial charge in [-0.2, -0.15) is 0 Å². The van der Waals surface area contributed by atoms with Crippen LogP contribution in [0.1, 0.15) is 38.4 Å². The molecule has 1 aliphatic rings. The minimum Gasteiger partial charge on any atom is -0.487 e. The van der Waals surface area contributed by atoms with Crippen LogP contribution in [0.3, 0.4) is 0 Å². The summed E-state index contributed by atoms with van der Waals surface area (Å²) >= 11 is 0. The minimum atomic E-state index is -0.280. The topological polar surface area (TPSA) is 53.2 Å². The fraction of sp³-hybridized carbons (Fsp3) is 0.667. The van der Waals surface area contributed by atoms with Crippen LogP contribution in [0.4, 0.5) is 0 Å². The molecule has 0 spiro atoms. The molecule has 5 nitrogen and oxygen atoms in total. The summed E-state index contributed by atoms with van der Waals surface area (Å²) in [6, 6.07) is -0.1000. The predicted molar refractivity (Wildman–Crippen MR) is 64.8 cm³/mol. The average molecular weight is 238 g/mol. The predicted octanol–water partition coefficient (Wildman–Crippen LogP) is 0.843. The highest BCUT2D eigenvalue weighted by atomic mass is 16.5. The summed E-state index contributed by atoms with van der Waals surface area (Å²) in [6.07, 6.45) is 2.33. The Balaban J connectivity index is 2.75. The van der Waals surface area contributed by atoms with E-state index in [9.17, 15) is 9.59 Å². The maximum atomic E-state index is 12.2. The molecule has 0 saturated carbocycles. The molecule has 1 unspecified atom stereocenters. The van der Waals surface area contributed by atoms with Crippen molar-refractivity contribution >= 4 is 0 Å². The van der Waals surface area contributed by atoms with Crippen LogP contribution < -0.4 is 16.0 Å². The van der Waals surface area contributed by atoms with Crippen LogP contribution in [0.2, 0.25) is 0 Å². The van der Waals surface area contributed by atoms with Gasteiger partial charge in [0.15, 0.2) is 0 Å². The van der Waals surface area contributed by atoms with Gasteiger partial charge in [-0.3, -0.25) is 13.9 Å².